The van der Waals surface area contributed by atoms with Gasteiger partial charge in [0.25, 0.3) is 11.8 Å². The molecular formula is C22H20N4O4. The summed E-state index contributed by atoms with van der Waals surface area (Å²) >= 11 is 0. The van der Waals surface area contributed by atoms with Crippen molar-refractivity contribution in [2.45, 2.75) is 24.3 Å². The first kappa shape index (κ1) is 18.4. The summed E-state index contributed by atoms with van der Waals surface area (Å²) in [6.07, 6.45) is 5.02. The number of nitrogens with one attached hydrogen (secondary N) is 1. The van der Waals surface area contributed by atoms with Gasteiger partial charge in [-0.15, -0.1) is 0 Å². The maximum Gasteiger partial charge on any atom is 0.274 e. The van der Waals surface area contributed by atoms with Crippen LogP contribution in [0.1, 0.15) is 34.7 Å². The Labute approximate surface area is 172 Å². The molecule has 1 saturated carbocycles. The van der Waals surface area contributed by atoms with Gasteiger partial charge in [-0.1, -0.05) is 35.5 Å². The predicted octanol–water partition coefficient (Wildman–Crippen LogP) is 2.30. The third-order valence-electron chi connectivity index (χ3n) is 5.75. The van der Waals surface area contributed by atoms with Crippen molar-refractivity contribution >= 4 is 17.5 Å². The van der Waals surface area contributed by atoms with E-state index >= 15 is 0 Å². The van der Waals surface area contributed by atoms with E-state index in [1.54, 1.807) is 31.6 Å². The molecule has 8 nitrogen and oxygen atoms in total. The molecule has 0 saturated heterocycles. The van der Waals surface area contributed by atoms with E-state index in [1.165, 1.54) is 4.90 Å². The first-order chi connectivity index (χ1) is 14.6. The van der Waals surface area contributed by atoms with E-state index in [1.807, 2.05) is 18.2 Å². The number of ether oxygens (including phenoxy) is 1. The van der Waals surface area contributed by atoms with Gasteiger partial charge < -0.3 is 19.5 Å². The zero-order valence-electron chi connectivity index (χ0n) is 16.4. The van der Waals surface area contributed by atoms with Gasteiger partial charge in [-0.05, 0) is 24.5 Å². The number of benzene rings is 1. The Hall–Kier alpha value is -3.68. The largest absolute Gasteiger partial charge is 0.487 e. The Bertz CT molecular complexity index is 1110. The van der Waals surface area contributed by atoms with Crippen LogP contribution < -0.4 is 15.0 Å². The minimum Gasteiger partial charge on any atom is -0.487 e. The van der Waals surface area contributed by atoms with Crippen LogP contribution in [0.15, 0.2) is 59.4 Å². The molecule has 1 aliphatic carbocycles. The minimum absolute atomic E-state index is 0.00622. The summed E-state index contributed by atoms with van der Waals surface area (Å²) in [6, 6.07) is 12.6. The smallest absolute Gasteiger partial charge is 0.274 e. The Morgan fingerprint density at radius 1 is 1.23 bits per heavy atom. The van der Waals surface area contributed by atoms with Gasteiger partial charge in [0.1, 0.15) is 18.4 Å². The molecule has 5 rings (SSSR count). The second-order valence-corrected chi connectivity index (χ2v) is 7.60. The summed E-state index contributed by atoms with van der Waals surface area (Å²) < 4.78 is 11.2. The molecule has 0 bridgehead atoms. The SMILES string of the molecule is CN1C(=O)[C@@H](NC(=O)c2cc(C3(c4ccccc4)CC3)on2)COc2cnccc21. The number of carbonyl (C=O) groups is 2. The Morgan fingerprint density at radius 3 is 2.80 bits per heavy atom. The molecule has 0 spiro atoms. The van der Waals surface area contributed by atoms with Crippen molar-refractivity contribution in [1.82, 2.24) is 15.5 Å². The summed E-state index contributed by atoms with van der Waals surface area (Å²) in [5.41, 5.74) is 1.68. The van der Waals surface area contributed by atoms with E-state index in [2.05, 4.69) is 27.6 Å². The summed E-state index contributed by atoms with van der Waals surface area (Å²) in [4.78, 5) is 31.0. The number of hydrogen-bond donors (Lipinski definition) is 1. The van der Waals surface area contributed by atoms with Crippen molar-refractivity contribution in [3.63, 3.8) is 0 Å². The average Bonchev–Trinajstić information content (AvgIpc) is 3.47. The van der Waals surface area contributed by atoms with E-state index in [0.717, 1.165) is 18.4 Å². The molecule has 1 aromatic carbocycles. The van der Waals surface area contributed by atoms with Crippen molar-refractivity contribution in [3.8, 4) is 5.75 Å². The van der Waals surface area contributed by atoms with E-state index in [4.69, 9.17) is 9.26 Å². The van der Waals surface area contributed by atoms with Crippen LogP contribution in [-0.4, -0.2) is 41.7 Å². The number of fused-ring (bicyclic) bond motifs is 1. The van der Waals surface area contributed by atoms with E-state index < -0.39 is 11.9 Å². The van der Waals surface area contributed by atoms with Gasteiger partial charge in [0, 0.05) is 19.3 Å². The van der Waals surface area contributed by atoms with Crippen LogP contribution in [0, 0.1) is 0 Å². The minimum atomic E-state index is -0.848. The highest BCUT2D eigenvalue weighted by Crippen LogP contribution is 2.53. The van der Waals surface area contributed by atoms with Crippen LogP contribution in [0.25, 0.3) is 0 Å². The number of carbonyl (C=O) groups excluding carboxylic acids is 2. The molecule has 1 atom stereocenters. The number of aromatic nitrogens is 2. The standard InChI is InChI=1S/C22H20N4O4/c1-26-17-7-10-23-12-18(17)29-13-16(21(26)28)24-20(27)15-11-19(30-25-15)22(8-9-22)14-5-3-2-4-6-14/h2-7,10-12,16H,8-9,13H2,1H3,(H,24,27)/t16-/m0/s1. The fourth-order valence-corrected chi connectivity index (χ4v) is 3.86. The van der Waals surface area contributed by atoms with Gasteiger partial charge in [-0.3, -0.25) is 14.6 Å². The number of nitrogens with zero attached hydrogens (tertiary/aromatic N) is 3. The fraction of sp³-hybridized carbons (Fsp3) is 0.273. The van der Waals surface area contributed by atoms with E-state index in [9.17, 15) is 9.59 Å². The van der Waals surface area contributed by atoms with Crippen molar-refractivity contribution in [1.29, 1.82) is 0 Å². The molecule has 0 unspecified atom stereocenters. The van der Waals surface area contributed by atoms with Crippen molar-refractivity contribution in [2.75, 3.05) is 18.6 Å². The third-order valence-corrected chi connectivity index (χ3v) is 5.75. The summed E-state index contributed by atoms with van der Waals surface area (Å²) in [5.74, 6) is 0.401. The normalized spacial score (nSPS) is 19.4. The number of likely N-dealkylation sites (N-methyl/N-ethyl adjacent to an activating group) is 1. The van der Waals surface area contributed by atoms with Gasteiger partial charge in [0.05, 0.1) is 17.3 Å². The number of amides is 2. The molecule has 2 amide bonds. The van der Waals surface area contributed by atoms with Crippen LogP contribution in [0.2, 0.25) is 0 Å². The fourth-order valence-electron chi connectivity index (χ4n) is 3.86. The number of anilines is 1. The maximum absolute atomic E-state index is 12.8. The van der Waals surface area contributed by atoms with Gasteiger partial charge in [-0.2, -0.15) is 0 Å². The second-order valence-electron chi connectivity index (χ2n) is 7.60. The molecule has 0 radical (unpaired) electrons. The lowest BCUT2D eigenvalue weighted by molar-refractivity contribution is -0.120. The zero-order valence-corrected chi connectivity index (χ0v) is 16.4. The Balaban J connectivity index is 1.33. The molecule has 1 aliphatic heterocycles. The highest BCUT2D eigenvalue weighted by Gasteiger charge is 2.49. The lowest BCUT2D eigenvalue weighted by atomic mass is 9.93. The maximum atomic E-state index is 12.8. The number of hydrogen-bond acceptors (Lipinski definition) is 6. The monoisotopic (exact) mass is 404 g/mol. The summed E-state index contributed by atoms with van der Waals surface area (Å²) in [5, 5.41) is 6.67. The molecule has 2 aliphatic rings. The molecule has 2 aromatic heterocycles. The van der Waals surface area contributed by atoms with Crippen LogP contribution in [0.4, 0.5) is 5.69 Å². The third kappa shape index (κ3) is 3.01. The predicted molar refractivity (Wildman–Crippen MR) is 107 cm³/mol. The molecule has 1 fully saturated rings. The van der Waals surface area contributed by atoms with Crippen LogP contribution >= 0.6 is 0 Å². The zero-order chi connectivity index (χ0) is 20.7. The molecule has 1 N–H and O–H groups in total. The van der Waals surface area contributed by atoms with E-state index in [0.29, 0.717) is 17.2 Å². The van der Waals surface area contributed by atoms with E-state index in [-0.39, 0.29) is 23.6 Å². The van der Waals surface area contributed by atoms with Gasteiger partial charge in [0.2, 0.25) is 0 Å². The number of rotatable bonds is 4. The van der Waals surface area contributed by atoms with Gasteiger partial charge in [0.15, 0.2) is 11.4 Å². The molecular weight excluding hydrogens is 384 g/mol. The van der Waals surface area contributed by atoms with Crippen LogP contribution in [0.5, 0.6) is 5.75 Å². The van der Waals surface area contributed by atoms with Crippen LogP contribution in [0.3, 0.4) is 0 Å². The van der Waals surface area contributed by atoms with Crippen LogP contribution in [-0.2, 0) is 10.2 Å². The Morgan fingerprint density at radius 2 is 2.03 bits per heavy atom. The lowest BCUT2D eigenvalue weighted by Crippen LogP contribution is -2.49. The molecule has 30 heavy (non-hydrogen) atoms. The first-order valence-corrected chi connectivity index (χ1v) is 9.76. The van der Waals surface area contributed by atoms with Gasteiger partial charge >= 0.3 is 0 Å². The topological polar surface area (TPSA) is 97.6 Å². The van der Waals surface area contributed by atoms with Gasteiger partial charge in [-0.25, -0.2) is 0 Å². The molecule has 152 valence electrons. The average molecular weight is 404 g/mol. The van der Waals surface area contributed by atoms with Crippen molar-refractivity contribution in [2.24, 2.45) is 0 Å². The highest BCUT2D eigenvalue weighted by molar-refractivity contribution is 6.02. The number of pyridine rings is 1. The first-order valence-electron chi connectivity index (χ1n) is 9.76. The molecule has 3 heterocycles. The quantitative estimate of drug-likeness (QED) is 0.717. The summed E-state index contributed by atoms with van der Waals surface area (Å²) in [7, 11) is 1.64. The molecule has 8 heteroatoms. The second kappa shape index (κ2) is 6.98. The summed E-state index contributed by atoms with van der Waals surface area (Å²) in [6.45, 7) is 0.00622. The van der Waals surface area contributed by atoms with Crippen molar-refractivity contribution < 1.29 is 18.8 Å². The van der Waals surface area contributed by atoms with Crippen molar-refractivity contribution in [3.05, 3.63) is 71.9 Å². The lowest BCUT2D eigenvalue weighted by Gasteiger charge is -2.19. The molecule has 3 aromatic rings. The Kier molecular flexibility index (Phi) is 4.27. The highest BCUT2D eigenvalue weighted by atomic mass is 16.5.